The molecule has 3 aromatic heterocycles. The maximum absolute atomic E-state index is 5.70. The molecule has 2 N–H and O–H groups in total. The largest absolute Gasteiger partial charge is 0.381 e. The van der Waals surface area contributed by atoms with Gasteiger partial charge in [0, 0.05) is 54.1 Å². The SMILES string of the molecule is CC1COCCN1c1nc(N2CC3COCC3C2)nc2nc(-c3cccc4[nH]ccc34)[nH]c12. The van der Waals surface area contributed by atoms with Crippen molar-refractivity contribution in [2.45, 2.75) is 13.0 Å². The third-order valence-corrected chi connectivity index (χ3v) is 7.33. The Balaban J connectivity index is 1.37. The number of H-pyrrole nitrogens is 2. The highest BCUT2D eigenvalue weighted by Crippen LogP contribution is 2.35. The minimum atomic E-state index is 0.232. The molecule has 3 atom stereocenters. The summed E-state index contributed by atoms with van der Waals surface area (Å²) >= 11 is 0. The molecular weight excluding hydrogens is 418 g/mol. The first-order valence-electron chi connectivity index (χ1n) is 11.8. The van der Waals surface area contributed by atoms with Gasteiger partial charge in [-0.05, 0) is 19.1 Å². The molecule has 3 saturated heterocycles. The number of aromatic amines is 2. The van der Waals surface area contributed by atoms with Crippen molar-refractivity contribution in [1.29, 1.82) is 0 Å². The van der Waals surface area contributed by atoms with Gasteiger partial charge in [-0.2, -0.15) is 9.97 Å². The van der Waals surface area contributed by atoms with Crippen molar-refractivity contribution in [1.82, 2.24) is 24.9 Å². The van der Waals surface area contributed by atoms with E-state index >= 15 is 0 Å². The van der Waals surface area contributed by atoms with Gasteiger partial charge in [0.05, 0.1) is 32.5 Å². The minimum absolute atomic E-state index is 0.232. The highest BCUT2D eigenvalue weighted by atomic mass is 16.5. The van der Waals surface area contributed by atoms with Crippen molar-refractivity contribution in [2.24, 2.45) is 11.8 Å². The van der Waals surface area contributed by atoms with Crippen molar-refractivity contribution >= 4 is 33.8 Å². The highest BCUT2D eigenvalue weighted by molar-refractivity contribution is 5.96. The maximum atomic E-state index is 5.70. The third-order valence-electron chi connectivity index (χ3n) is 7.33. The Morgan fingerprint density at radius 2 is 1.88 bits per heavy atom. The maximum Gasteiger partial charge on any atom is 0.229 e. The molecule has 0 aliphatic carbocycles. The molecule has 0 saturated carbocycles. The highest BCUT2D eigenvalue weighted by Gasteiger charge is 2.39. The van der Waals surface area contributed by atoms with Crippen molar-refractivity contribution in [3.8, 4) is 11.4 Å². The van der Waals surface area contributed by atoms with Gasteiger partial charge >= 0.3 is 0 Å². The molecule has 7 rings (SSSR count). The van der Waals surface area contributed by atoms with Crippen LogP contribution in [-0.4, -0.2) is 77.0 Å². The summed E-state index contributed by atoms with van der Waals surface area (Å²) in [6.07, 6.45) is 1.96. The van der Waals surface area contributed by atoms with E-state index in [1.165, 1.54) is 0 Å². The lowest BCUT2D eigenvalue weighted by Gasteiger charge is -2.34. The molecule has 4 aromatic rings. The number of fused-ring (bicyclic) bond motifs is 3. The molecule has 0 bridgehead atoms. The van der Waals surface area contributed by atoms with Gasteiger partial charge in [0.25, 0.3) is 0 Å². The summed E-state index contributed by atoms with van der Waals surface area (Å²) in [5.74, 6) is 3.63. The topological polar surface area (TPSA) is 95.2 Å². The predicted molar refractivity (Wildman–Crippen MR) is 127 cm³/mol. The summed E-state index contributed by atoms with van der Waals surface area (Å²) in [6.45, 7) is 7.92. The fraction of sp³-hybridized carbons (Fsp3) is 0.458. The Bertz CT molecular complexity index is 1320. The van der Waals surface area contributed by atoms with E-state index in [0.29, 0.717) is 30.7 Å². The van der Waals surface area contributed by atoms with Crippen LogP contribution in [0, 0.1) is 11.8 Å². The van der Waals surface area contributed by atoms with E-state index in [2.05, 4.69) is 51.0 Å². The van der Waals surface area contributed by atoms with Crippen LogP contribution >= 0.6 is 0 Å². The summed E-state index contributed by atoms with van der Waals surface area (Å²) in [5, 5.41) is 1.14. The number of rotatable bonds is 3. The Hall–Kier alpha value is -3.17. The second kappa shape index (κ2) is 7.43. The fourth-order valence-corrected chi connectivity index (χ4v) is 5.53. The van der Waals surface area contributed by atoms with E-state index < -0.39 is 0 Å². The molecule has 9 heteroatoms. The standard InChI is InChI=1S/C24H27N7O2/c1-14-11-32-8-7-31(14)23-20-22(28-24(29-23)30-9-15-12-33-13-16(15)10-30)27-21(26-20)18-3-2-4-19-17(18)5-6-25-19/h2-6,14-16,25H,7-13H2,1H3,(H,26,27,28,29). The molecule has 3 aliphatic rings. The molecule has 3 unspecified atom stereocenters. The van der Waals surface area contributed by atoms with Gasteiger partial charge in [-0.15, -0.1) is 0 Å². The van der Waals surface area contributed by atoms with E-state index in [4.69, 9.17) is 24.4 Å². The zero-order chi connectivity index (χ0) is 21.9. The molecule has 0 radical (unpaired) electrons. The smallest absolute Gasteiger partial charge is 0.229 e. The number of benzene rings is 1. The van der Waals surface area contributed by atoms with Gasteiger partial charge in [0.1, 0.15) is 11.3 Å². The van der Waals surface area contributed by atoms with Gasteiger partial charge in [-0.25, -0.2) is 4.98 Å². The Kier molecular flexibility index (Phi) is 4.35. The number of hydrogen-bond donors (Lipinski definition) is 2. The van der Waals surface area contributed by atoms with Gasteiger partial charge in [-0.1, -0.05) is 12.1 Å². The van der Waals surface area contributed by atoms with Crippen LogP contribution in [0.3, 0.4) is 0 Å². The molecule has 0 spiro atoms. The van der Waals surface area contributed by atoms with Gasteiger partial charge in [0.2, 0.25) is 5.95 Å². The third kappa shape index (κ3) is 3.10. The Morgan fingerprint density at radius 3 is 2.73 bits per heavy atom. The number of morpholine rings is 1. The lowest BCUT2D eigenvalue weighted by atomic mass is 10.0. The summed E-state index contributed by atoms with van der Waals surface area (Å²) in [7, 11) is 0. The van der Waals surface area contributed by atoms with Crippen molar-refractivity contribution in [3.05, 3.63) is 30.5 Å². The first-order chi connectivity index (χ1) is 16.2. The lowest BCUT2D eigenvalue weighted by molar-refractivity contribution is 0.0987. The minimum Gasteiger partial charge on any atom is -0.381 e. The Morgan fingerprint density at radius 1 is 1.00 bits per heavy atom. The summed E-state index contributed by atoms with van der Waals surface area (Å²) in [5.41, 5.74) is 3.75. The predicted octanol–water partition coefficient (Wildman–Crippen LogP) is 2.81. The first-order valence-corrected chi connectivity index (χ1v) is 11.8. The molecule has 3 aliphatic heterocycles. The van der Waals surface area contributed by atoms with Crippen molar-refractivity contribution in [2.75, 3.05) is 55.9 Å². The molecule has 3 fully saturated rings. The van der Waals surface area contributed by atoms with Crippen LogP contribution in [0.25, 0.3) is 33.5 Å². The number of anilines is 2. The summed E-state index contributed by atoms with van der Waals surface area (Å²) < 4.78 is 11.4. The average Bonchev–Trinajstić information content (AvgIpc) is 3.61. The van der Waals surface area contributed by atoms with E-state index in [-0.39, 0.29) is 6.04 Å². The molecule has 6 heterocycles. The van der Waals surface area contributed by atoms with Crippen LogP contribution in [0.4, 0.5) is 11.8 Å². The number of nitrogens with zero attached hydrogens (tertiary/aromatic N) is 5. The zero-order valence-corrected chi connectivity index (χ0v) is 18.6. The summed E-state index contributed by atoms with van der Waals surface area (Å²) in [4.78, 5) is 26.5. The van der Waals surface area contributed by atoms with Crippen LogP contribution in [0.5, 0.6) is 0 Å². The van der Waals surface area contributed by atoms with Crippen molar-refractivity contribution in [3.63, 3.8) is 0 Å². The van der Waals surface area contributed by atoms with Gasteiger partial charge in [0.15, 0.2) is 11.5 Å². The van der Waals surface area contributed by atoms with Gasteiger partial charge in [-0.3, -0.25) is 0 Å². The van der Waals surface area contributed by atoms with Gasteiger partial charge < -0.3 is 29.2 Å². The number of aromatic nitrogens is 5. The van der Waals surface area contributed by atoms with E-state index in [9.17, 15) is 0 Å². The van der Waals surface area contributed by atoms with Crippen LogP contribution < -0.4 is 9.80 Å². The normalized spacial score (nSPS) is 25.4. The number of hydrogen-bond acceptors (Lipinski definition) is 7. The second-order valence-corrected chi connectivity index (χ2v) is 9.46. The van der Waals surface area contributed by atoms with Crippen molar-refractivity contribution < 1.29 is 9.47 Å². The molecule has 33 heavy (non-hydrogen) atoms. The van der Waals surface area contributed by atoms with Crippen LogP contribution in [0.1, 0.15) is 6.92 Å². The molecule has 0 amide bonds. The zero-order valence-electron chi connectivity index (χ0n) is 18.6. The van der Waals surface area contributed by atoms with E-state index in [0.717, 1.165) is 72.4 Å². The molecule has 9 nitrogen and oxygen atoms in total. The van der Waals surface area contributed by atoms with Crippen LogP contribution in [0.2, 0.25) is 0 Å². The second-order valence-electron chi connectivity index (χ2n) is 9.46. The number of nitrogens with one attached hydrogen (secondary N) is 2. The fourth-order valence-electron chi connectivity index (χ4n) is 5.53. The lowest BCUT2D eigenvalue weighted by Crippen LogP contribution is -2.44. The van der Waals surface area contributed by atoms with Crippen LogP contribution in [0.15, 0.2) is 30.5 Å². The Labute approximate surface area is 191 Å². The summed E-state index contributed by atoms with van der Waals surface area (Å²) in [6, 6.07) is 8.55. The molecule has 170 valence electrons. The number of ether oxygens (including phenoxy) is 2. The number of imidazole rings is 1. The molecular formula is C24H27N7O2. The average molecular weight is 446 g/mol. The van der Waals surface area contributed by atoms with E-state index in [1.807, 2.05) is 6.20 Å². The van der Waals surface area contributed by atoms with Crippen LogP contribution in [-0.2, 0) is 9.47 Å². The monoisotopic (exact) mass is 445 g/mol. The quantitative estimate of drug-likeness (QED) is 0.501. The first kappa shape index (κ1) is 19.3. The van der Waals surface area contributed by atoms with E-state index in [1.54, 1.807) is 0 Å². The molecule has 1 aromatic carbocycles.